The van der Waals surface area contributed by atoms with Crippen LogP contribution in [0, 0.1) is 5.41 Å². The fourth-order valence-corrected chi connectivity index (χ4v) is 2.84. The number of hydrogen-bond acceptors (Lipinski definition) is 3. The Labute approximate surface area is 109 Å². The molecule has 0 unspecified atom stereocenters. The molecule has 0 aromatic carbocycles. The number of rotatable bonds is 2. The molecule has 0 aliphatic carbocycles. The van der Waals surface area contributed by atoms with Crippen LogP contribution in [0.4, 0.5) is 5.69 Å². The van der Waals surface area contributed by atoms with E-state index in [1.54, 1.807) is 0 Å². The summed E-state index contributed by atoms with van der Waals surface area (Å²) >= 11 is 0. The summed E-state index contributed by atoms with van der Waals surface area (Å²) < 4.78 is 5.37. The van der Waals surface area contributed by atoms with Gasteiger partial charge in [-0.15, -0.1) is 0 Å². The van der Waals surface area contributed by atoms with Crippen LogP contribution in [-0.4, -0.2) is 31.3 Å². The molecule has 2 aliphatic heterocycles. The van der Waals surface area contributed by atoms with Crippen LogP contribution in [-0.2, 0) is 4.74 Å². The first-order chi connectivity index (χ1) is 8.69. The van der Waals surface area contributed by atoms with Gasteiger partial charge in [0.25, 0.3) is 0 Å². The second kappa shape index (κ2) is 4.54. The monoisotopic (exact) mass is 246 g/mol. The molecule has 0 amide bonds. The van der Waals surface area contributed by atoms with Crippen molar-refractivity contribution in [2.75, 3.05) is 31.2 Å². The van der Waals surface area contributed by atoms with Gasteiger partial charge in [0.2, 0.25) is 0 Å². The average molecular weight is 246 g/mol. The van der Waals surface area contributed by atoms with Crippen molar-refractivity contribution in [2.24, 2.45) is 5.41 Å². The number of aromatic nitrogens is 1. The van der Waals surface area contributed by atoms with Crippen LogP contribution < -0.4 is 4.90 Å². The zero-order chi connectivity index (χ0) is 12.6. The van der Waals surface area contributed by atoms with Gasteiger partial charge in [0.1, 0.15) is 0 Å². The highest BCUT2D eigenvalue weighted by Crippen LogP contribution is 2.39. The molecule has 3 heteroatoms. The quantitative estimate of drug-likeness (QED) is 0.802. The number of piperidine rings is 1. The van der Waals surface area contributed by atoms with Crippen LogP contribution in [0.5, 0.6) is 0 Å². The van der Waals surface area contributed by atoms with E-state index in [1.807, 2.05) is 6.20 Å². The van der Waals surface area contributed by atoms with E-state index in [1.165, 1.54) is 24.2 Å². The highest BCUT2D eigenvalue weighted by molar-refractivity contribution is 5.45. The van der Waals surface area contributed by atoms with Crippen molar-refractivity contribution in [3.8, 4) is 0 Å². The van der Waals surface area contributed by atoms with Crippen LogP contribution in [0.15, 0.2) is 18.3 Å². The van der Waals surface area contributed by atoms with Gasteiger partial charge in [0, 0.05) is 24.2 Å². The molecule has 3 rings (SSSR count). The molecule has 0 atom stereocenters. The smallest absolute Gasteiger partial charge is 0.0552 e. The maximum absolute atomic E-state index is 5.37. The molecule has 0 radical (unpaired) electrons. The van der Waals surface area contributed by atoms with Crippen molar-refractivity contribution in [3.63, 3.8) is 0 Å². The Balaban J connectivity index is 1.65. The molecule has 1 spiro atoms. The minimum absolute atomic E-state index is 0.510. The summed E-state index contributed by atoms with van der Waals surface area (Å²) in [5, 5.41) is 0. The van der Waals surface area contributed by atoms with Gasteiger partial charge in [0.15, 0.2) is 0 Å². The molecular weight excluding hydrogens is 224 g/mol. The fourth-order valence-electron chi connectivity index (χ4n) is 2.84. The van der Waals surface area contributed by atoms with Gasteiger partial charge < -0.3 is 9.64 Å². The summed E-state index contributed by atoms with van der Waals surface area (Å²) in [4.78, 5) is 7.02. The van der Waals surface area contributed by atoms with E-state index in [4.69, 9.17) is 4.74 Å². The van der Waals surface area contributed by atoms with E-state index in [2.05, 4.69) is 35.9 Å². The standard InChI is InChI=1S/C15H22N2O/c1-12(2)14-4-3-13(9-16-14)17-7-5-15(6-8-17)10-18-11-15/h3-4,9,12H,5-8,10-11H2,1-2H3. The minimum atomic E-state index is 0.510. The lowest BCUT2D eigenvalue weighted by molar-refractivity contribution is -0.124. The normalized spacial score (nSPS) is 22.3. The first-order valence-corrected chi connectivity index (χ1v) is 6.97. The Morgan fingerprint density at radius 1 is 1.22 bits per heavy atom. The predicted molar refractivity (Wildman–Crippen MR) is 73.0 cm³/mol. The summed E-state index contributed by atoms with van der Waals surface area (Å²) in [6, 6.07) is 4.38. The van der Waals surface area contributed by atoms with Crippen molar-refractivity contribution >= 4 is 5.69 Å². The Morgan fingerprint density at radius 3 is 2.39 bits per heavy atom. The Bertz CT molecular complexity index is 399. The third-order valence-corrected chi connectivity index (χ3v) is 4.37. The first kappa shape index (κ1) is 12.0. The summed E-state index contributed by atoms with van der Waals surface area (Å²) in [6.07, 6.45) is 4.56. The summed E-state index contributed by atoms with van der Waals surface area (Å²) in [6.45, 7) is 8.61. The predicted octanol–water partition coefficient (Wildman–Crippen LogP) is 2.82. The molecular formula is C15H22N2O. The average Bonchev–Trinajstić information content (AvgIpc) is 2.37. The maximum Gasteiger partial charge on any atom is 0.0552 e. The molecule has 1 aromatic heterocycles. The number of ether oxygens (including phenoxy) is 1. The topological polar surface area (TPSA) is 25.4 Å². The third-order valence-electron chi connectivity index (χ3n) is 4.37. The largest absolute Gasteiger partial charge is 0.380 e. The van der Waals surface area contributed by atoms with E-state index in [-0.39, 0.29) is 0 Å². The SMILES string of the molecule is CC(C)c1ccc(N2CCC3(CC2)COC3)cn1. The van der Waals surface area contributed by atoms with E-state index in [9.17, 15) is 0 Å². The zero-order valence-corrected chi connectivity index (χ0v) is 11.4. The molecule has 0 saturated carbocycles. The second-order valence-electron chi connectivity index (χ2n) is 6.08. The second-order valence-corrected chi connectivity index (χ2v) is 6.08. The number of hydrogen-bond donors (Lipinski definition) is 0. The van der Waals surface area contributed by atoms with E-state index in [0.29, 0.717) is 11.3 Å². The lowest BCUT2D eigenvalue weighted by Crippen LogP contribution is -2.50. The van der Waals surface area contributed by atoms with Crippen molar-refractivity contribution < 1.29 is 4.74 Å². The van der Waals surface area contributed by atoms with Crippen LogP contribution >= 0.6 is 0 Å². The van der Waals surface area contributed by atoms with Crippen LogP contribution in [0.1, 0.15) is 38.3 Å². The molecule has 3 nitrogen and oxygen atoms in total. The van der Waals surface area contributed by atoms with Crippen molar-refractivity contribution in [2.45, 2.75) is 32.6 Å². The first-order valence-electron chi connectivity index (χ1n) is 6.97. The van der Waals surface area contributed by atoms with E-state index in [0.717, 1.165) is 26.3 Å². The highest BCUT2D eigenvalue weighted by atomic mass is 16.5. The molecule has 1 aromatic rings. The van der Waals surface area contributed by atoms with Crippen molar-refractivity contribution in [1.29, 1.82) is 0 Å². The van der Waals surface area contributed by atoms with Crippen LogP contribution in [0.25, 0.3) is 0 Å². The minimum Gasteiger partial charge on any atom is -0.380 e. The molecule has 0 bridgehead atoms. The van der Waals surface area contributed by atoms with E-state index < -0.39 is 0 Å². The van der Waals surface area contributed by atoms with Crippen molar-refractivity contribution in [1.82, 2.24) is 4.98 Å². The molecule has 3 heterocycles. The van der Waals surface area contributed by atoms with Gasteiger partial charge in [-0.25, -0.2) is 0 Å². The Morgan fingerprint density at radius 2 is 1.94 bits per heavy atom. The fraction of sp³-hybridized carbons (Fsp3) is 0.667. The summed E-state index contributed by atoms with van der Waals surface area (Å²) in [7, 11) is 0. The highest BCUT2D eigenvalue weighted by Gasteiger charge is 2.41. The number of nitrogens with zero attached hydrogens (tertiary/aromatic N) is 2. The molecule has 2 saturated heterocycles. The zero-order valence-electron chi connectivity index (χ0n) is 11.4. The van der Waals surface area contributed by atoms with Crippen molar-refractivity contribution in [3.05, 3.63) is 24.0 Å². The van der Waals surface area contributed by atoms with Crippen LogP contribution in [0.2, 0.25) is 0 Å². The molecule has 18 heavy (non-hydrogen) atoms. The number of pyridine rings is 1. The van der Waals surface area contributed by atoms with Gasteiger partial charge in [-0.3, -0.25) is 4.98 Å². The molecule has 98 valence electrons. The lowest BCUT2D eigenvalue weighted by atomic mass is 9.77. The molecule has 2 fully saturated rings. The lowest BCUT2D eigenvalue weighted by Gasteiger charge is -2.47. The molecule has 0 N–H and O–H groups in total. The Hall–Kier alpha value is -1.09. The van der Waals surface area contributed by atoms with Gasteiger partial charge in [-0.2, -0.15) is 0 Å². The maximum atomic E-state index is 5.37. The Kier molecular flexibility index (Phi) is 3.02. The molecule has 2 aliphatic rings. The summed E-state index contributed by atoms with van der Waals surface area (Å²) in [5.74, 6) is 0.510. The van der Waals surface area contributed by atoms with Gasteiger partial charge in [0.05, 0.1) is 25.1 Å². The number of anilines is 1. The van der Waals surface area contributed by atoms with Gasteiger partial charge >= 0.3 is 0 Å². The van der Waals surface area contributed by atoms with Gasteiger partial charge in [-0.1, -0.05) is 13.8 Å². The van der Waals surface area contributed by atoms with Gasteiger partial charge in [-0.05, 0) is 30.9 Å². The van der Waals surface area contributed by atoms with E-state index >= 15 is 0 Å². The van der Waals surface area contributed by atoms with Crippen LogP contribution in [0.3, 0.4) is 0 Å². The third kappa shape index (κ3) is 2.12. The summed E-state index contributed by atoms with van der Waals surface area (Å²) in [5.41, 5.74) is 2.97.